The third-order valence-corrected chi connectivity index (χ3v) is 3.09. The van der Waals surface area contributed by atoms with E-state index in [0.29, 0.717) is 0 Å². The second-order valence-corrected chi connectivity index (χ2v) is 5.20. The standard InChI is InChI=1S/C9H15NO6S/c1-10(17(3,13)14)6-7-16-9(12)5-4-8(11)15-2/h4-5H,6-7H2,1-3H3. The fraction of sp³-hybridized carbons (Fsp3) is 0.556. The fourth-order valence-corrected chi connectivity index (χ4v) is 1.10. The van der Waals surface area contributed by atoms with E-state index in [1.807, 2.05) is 0 Å². The van der Waals surface area contributed by atoms with Crippen molar-refractivity contribution in [3.63, 3.8) is 0 Å². The Bertz CT molecular complexity index is 400. The van der Waals surface area contributed by atoms with E-state index in [2.05, 4.69) is 9.47 Å². The summed E-state index contributed by atoms with van der Waals surface area (Å²) in [5.74, 6) is -1.41. The zero-order chi connectivity index (χ0) is 13.5. The van der Waals surface area contributed by atoms with Gasteiger partial charge < -0.3 is 9.47 Å². The monoisotopic (exact) mass is 265 g/mol. The van der Waals surface area contributed by atoms with Crippen LogP contribution in [0.25, 0.3) is 0 Å². The van der Waals surface area contributed by atoms with Crippen molar-refractivity contribution >= 4 is 22.0 Å². The summed E-state index contributed by atoms with van der Waals surface area (Å²) in [5, 5.41) is 0. The molecule has 0 aromatic carbocycles. The maximum absolute atomic E-state index is 11.0. The second-order valence-electron chi connectivity index (χ2n) is 3.11. The molecule has 0 aromatic heterocycles. The molecule has 0 saturated heterocycles. The van der Waals surface area contributed by atoms with E-state index < -0.39 is 22.0 Å². The predicted molar refractivity (Wildman–Crippen MR) is 59.6 cm³/mol. The molecule has 0 aliphatic carbocycles. The van der Waals surface area contributed by atoms with Crippen molar-refractivity contribution in [3.8, 4) is 0 Å². The van der Waals surface area contributed by atoms with Crippen LogP contribution in [0, 0.1) is 0 Å². The lowest BCUT2D eigenvalue weighted by atomic mass is 10.5. The lowest BCUT2D eigenvalue weighted by Crippen LogP contribution is -2.29. The number of sulfonamides is 1. The number of methoxy groups -OCH3 is 1. The van der Waals surface area contributed by atoms with Crippen molar-refractivity contribution < 1.29 is 27.5 Å². The molecule has 0 atom stereocenters. The molecule has 0 radical (unpaired) electrons. The fourth-order valence-electron chi connectivity index (χ4n) is 0.693. The van der Waals surface area contributed by atoms with Crippen molar-refractivity contribution in [3.05, 3.63) is 12.2 Å². The molecular formula is C9H15NO6S. The van der Waals surface area contributed by atoms with Gasteiger partial charge in [-0.15, -0.1) is 0 Å². The molecule has 0 aliphatic heterocycles. The Balaban J connectivity index is 3.95. The van der Waals surface area contributed by atoms with Gasteiger partial charge in [0.1, 0.15) is 6.61 Å². The first-order chi connectivity index (χ1) is 7.77. The third kappa shape index (κ3) is 7.47. The molecule has 0 saturated carbocycles. The Morgan fingerprint density at radius 1 is 1.24 bits per heavy atom. The minimum Gasteiger partial charge on any atom is -0.466 e. The zero-order valence-electron chi connectivity index (χ0n) is 9.87. The van der Waals surface area contributed by atoms with E-state index in [0.717, 1.165) is 22.7 Å². The van der Waals surface area contributed by atoms with Crippen molar-refractivity contribution in [2.24, 2.45) is 0 Å². The van der Waals surface area contributed by atoms with E-state index in [1.165, 1.54) is 14.2 Å². The number of hydrogen-bond acceptors (Lipinski definition) is 6. The normalized spacial score (nSPS) is 11.8. The van der Waals surface area contributed by atoms with Gasteiger partial charge in [-0.25, -0.2) is 22.3 Å². The number of carbonyl (C=O) groups excluding carboxylic acids is 2. The van der Waals surface area contributed by atoms with Crippen LogP contribution in [0.15, 0.2) is 12.2 Å². The first-order valence-corrected chi connectivity index (χ1v) is 6.46. The van der Waals surface area contributed by atoms with Gasteiger partial charge in [0.05, 0.1) is 13.4 Å². The molecule has 0 fully saturated rings. The van der Waals surface area contributed by atoms with Crippen LogP contribution in [0.5, 0.6) is 0 Å². The summed E-state index contributed by atoms with van der Waals surface area (Å²) in [7, 11) is -0.732. The minimum atomic E-state index is -3.28. The number of hydrogen-bond donors (Lipinski definition) is 0. The van der Waals surface area contributed by atoms with E-state index in [-0.39, 0.29) is 13.2 Å². The Kier molecular flexibility index (Phi) is 6.44. The molecule has 98 valence electrons. The highest BCUT2D eigenvalue weighted by atomic mass is 32.2. The number of ether oxygens (including phenoxy) is 2. The molecule has 0 heterocycles. The molecule has 17 heavy (non-hydrogen) atoms. The van der Waals surface area contributed by atoms with Crippen molar-refractivity contribution in [2.75, 3.05) is 33.6 Å². The summed E-state index contributed by atoms with van der Waals surface area (Å²) in [6.07, 6.45) is 2.88. The first-order valence-electron chi connectivity index (χ1n) is 4.61. The van der Waals surface area contributed by atoms with Crippen LogP contribution in [0.4, 0.5) is 0 Å². The van der Waals surface area contributed by atoms with Gasteiger partial charge in [0.2, 0.25) is 10.0 Å². The van der Waals surface area contributed by atoms with Crippen LogP contribution in [0.1, 0.15) is 0 Å². The zero-order valence-corrected chi connectivity index (χ0v) is 10.7. The van der Waals surface area contributed by atoms with Gasteiger partial charge in [-0.3, -0.25) is 0 Å². The molecule has 8 heteroatoms. The van der Waals surface area contributed by atoms with Gasteiger partial charge in [0.25, 0.3) is 0 Å². The molecule has 0 unspecified atom stereocenters. The lowest BCUT2D eigenvalue weighted by molar-refractivity contribution is -0.139. The van der Waals surface area contributed by atoms with Crippen LogP contribution >= 0.6 is 0 Å². The van der Waals surface area contributed by atoms with Gasteiger partial charge >= 0.3 is 11.9 Å². The van der Waals surface area contributed by atoms with Gasteiger partial charge in [-0.2, -0.15) is 0 Å². The Morgan fingerprint density at radius 3 is 2.24 bits per heavy atom. The van der Waals surface area contributed by atoms with E-state index in [9.17, 15) is 18.0 Å². The molecule has 0 N–H and O–H groups in total. The number of rotatable bonds is 6. The van der Waals surface area contributed by atoms with Gasteiger partial charge in [0, 0.05) is 25.7 Å². The highest BCUT2D eigenvalue weighted by molar-refractivity contribution is 7.88. The molecule has 0 aliphatic rings. The summed E-state index contributed by atoms with van der Waals surface area (Å²) < 4.78 is 31.9. The van der Waals surface area contributed by atoms with E-state index in [1.54, 1.807) is 0 Å². The number of likely N-dealkylation sites (N-methyl/N-ethyl adjacent to an activating group) is 1. The summed E-state index contributed by atoms with van der Waals surface area (Å²) in [6, 6.07) is 0. The summed E-state index contributed by atoms with van der Waals surface area (Å²) in [5.41, 5.74) is 0. The summed E-state index contributed by atoms with van der Waals surface area (Å²) >= 11 is 0. The largest absolute Gasteiger partial charge is 0.466 e. The highest BCUT2D eigenvalue weighted by Gasteiger charge is 2.10. The molecule has 0 aromatic rings. The number of nitrogens with zero attached hydrogens (tertiary/aromatic N) is 1. The smallest absolute Gasteiger partial charge is 0.331 e. The molecule has 7 nitrogen and oxygen atoms in total. The average molecular weight is 265 g/mol. The first kappa shape index (κ1) is 15.6. The molecule has 0 amide bonds. The van der Waals surface area contributed by atoms with Gasteiger partial charge in [-0.05, 0) is 0 Å². The Morgan fingerprint density at radius 2 is 1.76 bits per heavy atom. The summed E-state index contributed by atoms with van der Waals surface area (Å²) in [6.45, 7) is -0.0371. The molecule has 0 bridgehead atoms. The predicted octanol–water partition coefficient (Wildman–Crippen LogP) is -0.850. The van der Waals surface area contributed by atoms with E-state index in [4.69, 9.17) is 0 Å². The molecular weight excluding hydrogens is 250 g/mol. The van der Waals surface area contributed by atoms with Crippen molar-refractivity contribution in [1.82, 2.24) is 4.31 Å². The Labute approximate surface area is 100 Å². The van der Waals surface area contributed by atoms with Crippen LogP contribution in [0.2, 0.25) is 0 Å². The SMILES string of the molecule is COC(=O)C=CC(=O)OCCN(C)S(C)(=O)=O. The maximum Gasteiger partial charge on any atom is 0.331 e. The topological polar surface area (TPSA) is 90.0 Å². The van der Waals surface area contributed by atoms with Crippen LogP contribution < -0.4 is 0 Å². The minimum absolute atomic E-state index is 0.0522. The number of carbonyl (C=O) groups is 2. The Hall–Kier alpha value is -1.41. The second kappa shape index (κ2) is 7.02. The van der Waals surface area contributed by atoms with Crippen LogP contribution in [-0.2, 0) is 29.1 Å². The van der Waals surface area contributed by atoms with Crippen molar-refractivity contribution in [1.29, 1.82) is 0 Å². The number of esters is 2. The summed E-state index contributed by atoms with van der Waals surface area (Å²) in [4.78, 5) is 21.6. The molecule has 0 rings (SSSR count). The average Bonchev–Trinajstić information content (AvgIpc) is 2.24. The van der Waals surface area contributed by atoms with Crippen LogP contribution in [-0.4, -0.2) is 58.2 Å². The quantitative estimate of drug-likeness (QED) is 0.459. The third-order valence-electron chi connectivity index (χ3n) is 1.77. The maximum atomic E-state index is 11.0. The highest BCUT2D eigenvalue weighted by Crippen LogP contribution is 1.93. The van der Waals surface area contributed by atoms with E-state index >= 15 is 0 Å². The van der Waals surface area contributed by atoms with Gasteiger partial charge in [-0.1, -0.05) is 0 Å². The van der Waals surface area contributed by atoms with Crippen molar-refractivity contribution in [2.45, 2.75) is 0 Å². The van der Waals surface area contributed by atoms with Gasteiger partial charge in [0.15, 0.2) is 0 Å². The lowest BCUT2D eigenvalue weighted by Gasteiger charge is -2.13. The van der Waals surface area contributed by atoms with Crippen LogP contribution in [0.3, 0.4) is 0 Å². The molecule has 0 spiro atoms.